The molecule has 0 amide bonds. The average molecular weight is 515 g/mol. The molecule has 0 unspecified atom stereocenters. The Hall–Kier alpha value is -0.900. The van der Waals surface area contributed by atoms with E-state index in [1.165, 1.54) is 104 Å². The van der Waals surface area contributed by atoms with Crippen molar-refractivity contribution in [2.24, 2.45) is 23.2 Å². The molecule has 0 bridgehead atoms. The molecule has 4 heteroatoms. The second-order valence-corrected chi connectivity index (χ2v) is 10.7. The summed E-state index contributed by atoms with van der Waals surface area (Å²) in [4.78, 5) is 20.4. The van der Waals surface area contributed by atoms with E-state index >= 15 is 0 Å². The first-order valence-corrected chi connectivity index (χ1v) is 15.2. The molecule has 3 aliphatic rings. The van der Waals surface area contributed by atoms with Crippen molar-refractivity contribution >= 4 is 11.8 Å². The Morgan fingerprint density at radius 1 is 0.583 bits per heavy atom. The molecule has 3 aliphatic carbocycles. The summed E-state index contributed by atoms with van der Waals surface area (Å²) in [5.41, 5.74) is 0.640. The molecule has 3 fully saturated rings. The van der Waals surface area contributed by atoms with Crippen LogP contribution in [0.1, 0.15) is 152 Å². The zero-order valence-corrected chi connectivity index (χ0v) is 26.5. The van der Waals surface area contributed by atoms with Gasteiger partial charge in [-0.15, -0.1) is 0 Å². The lowest BCUT2D eigenvalue weighted by Crippen LogP contribution is -2.35. The number of Topliss-reactive ketones (excluding diaryl/α,β-unsaturated/α-hetero) is 1. The number of hydrogen-bond donors (Lipinski definition) is 0. The minimum absolute atomic E-state index is 0.0142. The van der Waals surface area contributed by atoms with Crippen molar-refractivity contribution in [3.63, 3.8) is 0 Å². The Morgan fingerprint density at radius 3 is 1.08 bits per heavy atom. The number of ketones is 1. The second kappa shape index (κ2) is 27.1. The van der Waals surface area contributed by atoms with Gasteiger partial charge in [-0.2, -0.15) is 0 Å². The Balaban J connectivity index is -0.000000449. The molecule has 36 heavy (non-hydrogen) atoms. The van der Waals surface area contributed by atoms with Gasteiger partial charge >= 0.3 is 5.97 Å². The summed E-state index contributed by atoms with van der Waals surface area (Å²) in [7, 11) is 4.72. The lowest BCUT2D eigenvalue weighted by Gasteiger charge is -2.44. The summed E-state index contributed by atoms with van der Waals surface area (Å²) < 4.78 is 8.90. The van der Waals surface area contributed by atoms with Crippen molar-refractivity contribution < 1.29 is 19.1 Å². The largest absolute Gasteiger partial charge is 0.469 e. The topological polar surface area (TPSA) is 52.6 Å². The molecule has 0 aliphatic heterocycles. The van der Waals surface area contributed by atoms with Crippen molar-refractivity contribution in [3.05, 3.63) is 0 Å². The van der Waals surface area contributed by atoms with E-state index in [0.717, 1.165) is 24.7 Å². The van der Waals surface area contributed by atoms with Crippen LogP contribution >= 0.6 is 0 Å². The van der Waals surface area contributed by atoms with Gasteiger partial charge in [0.05, 0.1) is 13.0 Å². The number of methoxy groups -OCH3 is 2. The zero-order chi connectivity index (χ0) is 28.4. The van der Waals surface area contributed by atoms with Gasteiger partial charge in [0, 0.05) is 14.2 Å². The predicted octanol–water partition coefficient (Wildman–Crippen LogP) is 9.82. The third kappa shape index (κ3) is 20.2. The van der Waals surface area contributed by atoms with E-state index in [1.54, 1.807) is 14.2 Å². The fraction of sp³-hybridized carbons (Fsp3) is 0.938. The van der Waals surface area contributed by atoms with Crippen molar-refractivity contribution in [3.8, 4) is 0 Å². The van der Waals surface area contributed by atoms with Crippen LogP contribution in [0.2, 0.25) is 0 Å². The maximum atomic E-state index is 10.9. The van der Waals surface area contributed by atoms with Crippen LogP contribution in [0.3, 0.4) is 0 Å². The first-order chi connectivity index (χ1) is 17.2. The van der Waals surface area contributed by atoms with Gasteiger partial charge in [-0.1, -0.05) is 99.3 Å². The highest BCUT2D eigenvalue weighted by Crippen LogP contribution is 2.48. The summed E-state index contributed by atoms with van der Waals surface area (Å²) in [5, 5.41) is 0. The fourth-order valence-corrected chi connectivity index (χ4v) is 5.53. The van der Waals surface area contributed by atoms with Crippen LogP contribution in [0.4, 0.5) is 0 Å². The quantitative estimate of drug-likeness (QED) is 0.352. The number of carbonyl (C=O) groups is 2. The van der Waals surface area contributed by atoms with Crippen molar-refractivity contribution in [1.82, 2.24) is 0 Å². The Labute approximate surface area is 227 Å². The zero-order valence-electron chi connectivity index (χ0n) is 26.5. The molecule has 0 saturated heterocycles. The molecular weight excluding hydrogens is 448 g/mol. The Bertz CT molecular complexity index is 445. The highest BCUT2D eigenvalue weighted by molar-refractivity contribution is 5.72. The summed E-state index contributed by atoms with van der Waals surface area (Å²) in [6, 6.07) is 0. The highest BCUT2D eigenvalue weighted by Gasteiger charge is 2.37. The van der Waals surface area contributed by atoms with E-state index in [2.05, 4.69) is 23.3 Å². The minimum atomic E-state index is -0.0142. The van der Waals surface area contributed by atoms with E-state index in [1.807, 2.05) is 27.7 Å². The van der Waals surface area contributed by atoms with Crippen LogP contribution in [-0.2, 0) is 19.1 Å². The average Bonchev–Trinajstić information content (AvgIpc) is 2.92. The van der Waals surface area contributed by atoms with Crippen LogP contribution in [-0.4, -0.2) is 33.1 Å². The van der Waals surface area contributed by atoms with Gasteiger partial charge in [-0.25, -0.2) is 0 Å². The molecule has 0 spiro atoms. The first kappa shape index (κ1) is 39.6. The van der Waals surface area contributed by atoms with E-state index < -0.39 is 0 Å². The van der Waals surface area contributed by atoms with Crippen LogP contribution in [0.15, 0.2) is 0 Å². The van der Waals surface area contributed by atoms with Crippen molar-refractivity contribution in [1.29, 1.82) is 0 Å². The number of hydrogen-bond acceptors (Lipinski definition) is 4. The molecule has 0 radical (unpaired) electrons. The summed E-state index contributed by atoms with van der Waals surface area (Å²) in [5.74, 6) is 2.43. The third-order valence-electron chi connectivity index (χ3n) is 7.45. The SMILES string of the molecule is CC.CC.CC(C)(C1CCCCC1)C1CCCCC1.CC(C)=O.COC.COC(=O)C1CCCCC1. The Kier molecular flexibility index (Phi) is 29.9. The van der Waals surface area contributed by atoms with E-state index in [0.29, 0.717) is 5.41 Å². The molecule has 0 aromatic rings. The Morgan fingerprint density at radius 2 is 0.833 bits per heavy atom. The monoisotopic (exact) mass is 514 g/mol. The number of carbonyl (C=O) groups excluding carboxylic acids is 2. The second-order valence-electron chi connectivity index (χ2n) is 10.7. The molecule has 0 atom stereocenters. The molecule has 218 valence electrons. The molecule has 0 N–H and O–H groups in total. The van der Waals surface area contributed by atoms with Crippen LogP contribution in [0.5, 0.6) is 0 Å². The summed E-state index contributed by atoms with van der Waals surface area (Å²) in [6.07, 6.45) is 20.8. The smallest absolute Gasteiger partial charge is 0.308 e. The predicted molar refractivity (Wildman–Crippen MR) is 158 cm³/mol. The molecule has 3 rings (SSSR count). The standard InChI is InChI=1S/C15H28.C8H14O2.C3H6O.C2H6O.2C2H6/c1-15(2,13-9-5-3-6-10-13)14-11-7-4-8-12-14;1-10-8(9)7-5-3-2-4-6-7;1-3(2)4;1-3-2;2*1-2/h13-14H,3-12H2,1-2H3;7H,2-6H2,1H3;1-2H3;1-2H3;2*1-2H3. The van der Waals surface area contributed by atoms with E-state index in [9.17, 15) is 9.59 Å². The maximum absolute atomic E-state index is 10.9. The summed E-state index contributed by atoms with van der Waals surface area (Å²) in [6.45, 7) is 16.2. The van der Waals surface area contributed by atoms with Crippen molar-refractivity contribution in [2.45, 2.75) is 152 Å². The van der Waals surface area contributed by atoms with E-state index in [4.69, 9.17) is 0 Å². The number of rotatable bonds is 3. The molecule has 3 saturated carbocycles. The van der Waals surface area contributed by atoms with E-state index in [-0.39, 0.29) is 17.7 Å². The molecule has 4 nitrogen and oxygen atoms in total. The van der Waals surface area contributed by atoms with Crippen LogP contribution in [0, 0.1) is 23.2 Å². The lowest BCUT2D eigenvalue weighted by atomic mass is 9.61. The van der Waals surface area contributed by atoms with Crippen molar-refractivity contribution in [2.75, 3.05) is 21.3 Å². The van der Waals surface area contributed by atoms with Gasteiger partial charge in [0.2, 0.25) is 0 Å². The van der Waals surface area contributed by atoms with Gasteiger partial charge in [0.1, 0.15) is 5.78 Å². The molecular formula is C32H66O4. The first-order valence-electron chi connectivity index (χ1n) is 15.2. The van der Waals surface area contributed by atoms with Gasteiger partial charge in [-0.3, -0.25) is 4.79 Å². The minimum Gasteiger partial charge on any atom is -0.469 e. The lowest BCUT2D eigenvalue weighted by molar-refractivity contribution is -0.146. The molecule has 0 aromatic carbocycles. The van der Waals surface area contributed by atoms with Gasteiger partial charge in [0.25, 0.3) is 0 Å². The number of esters is 1. The fourth-order valence-electron chi connectivity index (χ4n) is 5.53. The number of ether oxygens (including phenoxy) is 2. The summed E-state index contributed by atoms with van der Waals surface area (Å²) >= 11 is 0. The van der Waals surface area contributed by atoms with Gasteiger partial charge in [0.15, 0.2) is 0 Å². The van der Waals surface area contributed by atoms with Crippen LogP contribution in [0.25, 0.3) is 0 Å². The maximum Gasteiger partial charge on any atom is 0.308 e. The normalized spacial score (nSPS) is 18.4. The molecule has 0 aromatic heterocycles. The van der Waals surface area contributed by atoms with Gasteiger partial charge < -0.3 is 14.3 Å². The molecule has 0 heterocycles. The van der Waals surface area contributed by atoms with Crippen LogP contribution < -0.4 is 0 Å². The third-order valence-corrected chi connectivity index (χ3v) is 7.45. The van der Waals surface area contributed by atoms with Gasteiger partial charge in [-0.05, 0) is 69.6 Å². The highest BCUT2D eigenvalue weighted by atomic mass is 16.5.